The van der Waals surface area contributed by atoms with Crippen LogP contribution in [0.3, 0.4) is 0 Å². The van der Waals surface area contributed by atoms with E-state index in [4.69, 9.17) is 5.73 Å². The average molecular weight is 350 g/mol. The number of carbonyl (C=O) groups excluding carboxylic acids is 1. The average Bonchev–Trinajstić information content (AvgIpc) is 2.60. The molecule has 1 atom stereocenters. The van der Waals surface area contributed by atoms with Gasteiger partial charge in [0, 0.05) is 30.8 Å². The number of Topliss-reactive ketones (excluding diaryl/α,β-unsaturated/α-hetero) is 1. The number of benzene rings is 1. The van der Waals surface area contributed by atoms with Gasteiger partial charge in [0.15, 0.2) is 5.78 Å². The minimum absolute atomic E-state index is 0.152. The lowest BCUT2D eigenvalue weighted by Crippen LogP contribution is -2.39. The highest BCUT2D eigenvalue weighted by Gasteiger charge is 2.31. The number of piperidine rings is 1. The van der Waals surface area contributed by atoms with Crippen LogP contribution in [-0.4, -0.2) is 28.8 Å². The molecule has 0 bridgehead atoms. The molecule has 2 aromatic rings. The number of hydrogen-bond donors (Lipinski definition) is 1. The molecule has 0 unspecified atom stereocenters. The van der Waals surface area contributed by atoms with Gasteiger partial charge in [-0.2, -0.15) is 18.2 Å². The molecule has 0 amide bonds. The Hall–Kier alpha value is -2.64. The second-order valence-corrected chi connectivity index (χ2v) is 6.00. The van der Waals surface area contributed by atoms with Crippen molar-refractivity contribution in [2.45, 2.75) is 19.0 Å². The van der Waals surface area contributed by atoms with Gasteiger partial charge in [0.1, 0.15) is 5.82 Å². The van der Waals surface area contributed by atoms with Crippen LogP contribution in [0.4, 0.5) is 24.9 Å². The van der Waals surface area contributed by atoms with Gasteiger partial charge in [0.25, 0.3) is 0 Å². The van der Waals surface area contributed by atoms with E-state index in [2.05, 4.69) is 9.97 Å². The van der Waals surface area contributed by atoms with Crippen molar-refractivity contribution in [1.29, 1.82) is 0 Å². The van der Waals surface area contributed by atoms with Crippen LogP contribution in [0.1, 0.15) is 28.8 Å². The van der Waals surface area contributed by atoms with Crippen molar-refractivity contribution in [1.82, 2.24) is 9.97 Å². The number of ketones is 1. The van der Waals surface area contributed by atoms with Gasteiger partial charge < -0.3 is 10.6 Å². The summed E-state index contributed by atoms with van der Waals surface area (Å²) in [5.74, 6) is 0.369. The van der Waals surface area contributed by atoms with Crippen LogP contribution in [0.15, 0.2) is 36.5 Å². The van der Waals surface area contributed by atoms with Gasteiger partial charge in [0.05, 0.1) is 5.56 Å². The van der Waals surface area contributed by atoms with Crippen molar-refractivity contribution in [2.24, 2.45) is 5.92 Å². The van der Waals surface area contributed by atoms with E-state index >= 15 is 0 Å². The zero-order valence-electron chi connectivity index (χ0n) is 13.3. The summed E-state index contributed by atoms with van der Waals surface area (Å²) in [7, 11) is 0. The SMILES string of the molecule is Nc1nccc(N2CCC[C@H](C(=O)c3ccc(C(F)(F)F)cc3)C2)n1. The molecule has 25 heavy (non-hydrogen) atoms. The van der Waals surface area contributed by atoms with Crippen LogP contribution in [0.5, 0.6) is 0 Å². The Morgan fingerprint density at radius 2 is 1.92 bits per heavy atom. The molecule has 3 rings (SSSR count). The van der Waals surface area contributed by atoms with Crippen LogP contribution in [0.25, 0.3) is 0 Å². The second-order valence-electron chi connectivity index (χ2n) is 6.00. The molecule has 1 aromatic heterocycles. The fourth-order valence-corrected chi connectivity index (χ4v) is 3.00. The molecule has 132 valence electrons. The van der Waals surface area contributed by atoms with Crippen LogP contribution in [-0.2, 0) is 6.18 Å². The number of nitrogens with two attached hydrogens (primary N) is 1. The maximum atomic E-state index is 12.6. The van der Waals surface area contributed by atoms with Gasteiger partial charge in [-0.25, -0.2) is 4.98 Å². The summed E-state index contributed by atoms with van der Waals surface area (Å²) in [5.41, 5.74) is 5.13. The van der Waals surface area contributed by atoms with E-state index in [0.29, 0.717) is 24.3 Å². The van der Waals surface area contributed by atoms with Crippen molar-refractivity contribution >= 4 is 17.5 Å². The van der Waals surface area contributed by atoms with Crippen molar-refractivity contribution in [3.63, 3.8) is 0 Å². The lowest BCUT2D eigenvalue weighted by Gasteiger charge is -2.32. The Labute approximate surface area is 142 Å². The molecule has 2 heterocycles. The number of rotatable bonds is 3. The zero-order valence-corrected chi connectivity index (χ0v) is 13.3. The lowest BCUT2D eigenvalue weighted by atomic mass is 9.89. The van der Waals surface area contributed by atoms with E-state index < -0.39 is 11.7 Å². The Kier molecular flexibility index (Phi) is 4.61. The Morgan fingerprint density at radius 3 is 2.56 bits per heavy atom. The number of nitrogens with zero attached hydrogens (tertiary/aromatic N) is 3. The maximum absolute atomic E-state index is 12.6. The second kappa shape index (κ2) is 6.70. The number of nitrogen functional groups attached to an aromatic ring is 1. The van der Waals surface area contributed by atoms with Crippen LogP contribution in [0, 0.1) is 5.92 Å². The molecule has 1 fully saturated rings. The van der Waals surface area contributed by atoms with E-state index in [9.17, 15) is 18.0 Å². The van der Waals surface area contributed by atoms with Crippen molar-refractivity contribution in [3.05, 3.63) is 47.7 Å². The molecule has 0 saturated carbocycles. The summed E-state index contributed by atoms with van der Waals surface area (Å²) in [5, 5.41) is 0. The Bertz CT molecular complexity index is 761. The number of carbonyl (C=O) groups is 1. The standard InChI is InChI=1S/C17H17F3N4O/c18-17(19,20)13-5-3-11(4-6-13)15(25)12-2-1-9-24(10-12)14-7-8-22-16(21)23-14/h3-8,12H,1-2,9-10H2,(H2,21,22,23)/t12-/m0/s1. The van der Waals surface area contributed by atoms with Crippen molar-refractivity contribution in [2.75, 3.05) is 23.7 Å². The smallest absolute Gasteiger partial charge is 0.368 e. The third-order valence-corrected chi connectivity index (χ3v) is 4.27. The molecule has 0 spiro atoms. The fourth-order valence-electron chi connectivity index (χ4n) is 3.00. The molecular formula is C17H17F3N4O. The number of halogens is 3. The molecule has 0 radical (unpaired) electrons. The van der Waals surface area contributed by atoms with Crippen molar-refractivity contribution < 1.29 is 18.0 Å². The Balaban J connectivity index is 1.74. The van der Waals surface area contributed by atoms with Gasteiger partial charge in [-0.1, -0.05) is 12.1 Å². The lowest BCUT2D eigenvalue weighted by molar-refractivity contribution is -0.137. The predicted molar refractivity (Wildman–Crippen MR) is 87.2 cm³/mol. The van der Waals surface area contributed by atoms with Gasteiger partial charge >= 0.3 is 6.18 Å². The zero-order chi connectivity index (χ0) is 18.0. The number of alkyl halides is 3. The molecule has 1 saturated heterocycles. The Morgan fingerprint density at radius 1 is 1.20 bits per heavy atom. The van der Waals surface area contributed by atoms with E-state index in [0.717, 1.165) is 25.1 Å². The summed E-state index contributed by atoms with van der Waals surface area (Å²) in [6.45, 7) is 1.20. The minimum Gasteiger partial charge on any atom is -0.368 e. The monoisotopic (exact) mass is 350 g/mol. The molecule has 8 heteroatoms. The van der Waals surface area contributed by atoms with Crippen LogP contribution >= 0.6 is 0 Å². The normalized spacial score (nSPS) is 18.2. The molecule has 0 aliphatic carbocycles. The highest BCUT2D eigenvalue weighted by atomic mass is 19.4. The highest BCUT2D eigenvalue weighted by molar-refractivity contribution is 5.98. The quantitative estimate of drug-likeness (QED) is 0.861. The molecule has 5 nitrogen and oxygen atoms in total. The van der Waals surface area contributed by atoms with Crippen LogP contribution in [0.2, 0.25) is 0 Å². The van der Waals surface area contributed by atoms with E-state index in [1.165, 1.54) is 12.1 Å². The van der Waals surface area contributed by atoms with E-state index in [1.54, 1.807) is 12.3 Å². The first-order chi connectivity index (χ1) is 11.8. The van der Waals surface area contributed by atoms with Gasteiger partial charge in [-0.15, -0.1) is 0 Å². The summed E-state index contributed by atoms with van der Waals surface area (Å²) >= 11 is 0. The maximum Gasteiger partial charge on any atom is 0.416 e. The third-order valence-electron chi connectivity index (χ3n) is 4.27. The third kappa shape index (κ3) is 3.89. The van der Waals surface area contributed by atoms with Crippen molar-refractivity contribution in [3.8, 4) is 0 Å². The van der Waals surface area contributed by atoms with Gasteiger partial charge in [-0.3, -0.25) is 4.79 Å². The number of aromatic nitrogens is 2. The summed E-state index contributed by atoms with van der Waals surface area (Å²) < 4.78 is 37.9. The van der Waals surface area contributed by atoms with Gasteiger partial charge in [0.2, 0.25) is 5.95 Å². The predicted octanol–water partition coefficient (Wildman–Crippen LogP) is 3.18. The molecule has 1 aliphatic rings. The first-order valence-corrected chi connectivity index (χ1v) is 7.89. The summed E-state index contributed by atoms with van der Waals surface area (Å²) in [6, 6.07) is 6.10. The van der Waals surface area contributed by atoms with E-state index in [1.807, 2.05) is 4.90 Å². The first-order valence-electron chi connectivity index (χ1n) is 7.89. The highest BCUT2D eigenvalue weighted by Crippen LogP contribution is 2.30. The largest absolute Gasteiger partial charge is 0.416 e. The minimum atomic E-state index is -4.41. The fraction of sp³-hybridized carbons (Fsp3) is 0.353. The number of hydrogen-bond acceptors (Lipinski definition) is 5. The van der Waals surface area contributed by atoms with Crippen LogP contribution < -0.4 is 10.6 Å². The molecule has 2 N–H and O–H groups in total. The van der Waals surface area contributed by atoms with Gasteiger partial charge in [-0.05, 0) is 31.0 Å². The molecule has 1 aromatic carbocycles. The summed E-state index contributed by atoms with van der Waals surface area (Å²) in [4.78, 5) is 22.6. The molecular weight excluding hydrogens is 333 g/mol. The number of anilines is 2. The topological polar surface area (TPSA) is 72.1 Å². The molecule has 1 aliphatic heterocycles. The first kappa shape index (κ1) is 17.2. The summed E-state index contributed by atoms with van der Waals surface area (Å²) in [6.07, 6.45) is -1.37. The van der Waals surface area contributed by atoms with E-state index in [-0.39, 0.29) is 17.6 Å².